The summed E-state index contributed by atoms with van der Waals surface area (Å²) in [6, 6.07) is 17.0. The zero-order valence-corrected chi connectivity index (χ0v) is 27.8. The number of aryl methyl sites for hydroxylation is 1. The monoisotopic (exact) mass is 606 g/mol. The molecule has 8 heteroatoms. The van der Waals surface area contributed by atoms with Crippen LogP contribution in [0.15, 0.2) is 48.5 Å². The minimum atomic E-state index is -0.218. The Hall–Kier alpha value is -3.10. The Morgan fingerprint density at radius 2 is 1.66 bits per heavy atom. The number of anilines is 3. The van der Waals surface area contributed by atoms with Gasteiger partial charge in [0.1, 0.15) is 0 Å². The number of hydrogen-bond donors (Lipinski definition) is 0. The van der Waals surface area contributed by atoms with Crippen LogP contribution in [0.5, 0.6) is 0 Å². The van der Waals surface area contributed by atoms with Gasteiger partial charge in [-0.25, -0.2) is 0 Å². The number of likely N-dealkylation sites (N-methyl/N-ethyl adjacent to an activating group) is 1. The van der Waals surface area contributed by atoms with Crippen LogP contribution in [-0.2, 0) is 25.5 Å². The first kappa shape index (κ1) is 33.8. The predicted molar refractivity (Wildman–Crippen MR) is 180 cm³/mol. The van der Waals surface area contributed by atoms with Crippen molar-refractivity contribution < 1.29 is 19.1 Å². The fraction of sp³-hybridized carbons (Fsp3) is 0.611. The summed E-state index contributed by atoms with van der Waals surface area (Å²) in [5.74, 6) is 0.866. The van der Waals surface area contributed by atoms with Gasteiger partial charge in [-0.05, 0) is 106 Å². The first-order valence-electron chi connectivity index (χ1n) is 16.4. The smallest absolute Gasteiger partial charge is 0.305 e. The van der Waals surface area contributed by atoms with E-state index in [1.165, 1.54) is 18.5 Å². The summed E-state index contributed by atoms with van der Waals surface area (Å²) >= 11 is 0. The van der Waals surface area contributed by atoms with Crippen LogP contribution in [-0.4, -0.2) is 91.0 Å². The number of hydrogen-bond acceptors (Lipinski definition) is 7. The van der Waals surface area contributed by atoms with Gasteiger partial charge in [-0.2, -0.15) is 0 Å². The van der Waals surface area contributed by atoms with Gasteiger partial charge in [0.2, 0.25) is 5.91 Å². The number of benzene rings is 2. The van der Waals surface area contributed by atoms with E-state index in [9.17, 15) is 9.59 Å². The van der Waals surface area contributed by atoms with Gasteiger partial charge in [-0.3, -0.25) is 9.59 Å². The minimum Gasteiger partial charge on any atom is -0.469 e. The van der Waals surface area contributed by atoms with E-state index < -0.39 is 0 Å². The maximum absolute atomic E-state index is 14.3. The van der Waals surface area contributed by atoms with Crippen molar-refractivity contribution in [3.05, 3.63) is 54.1 Å². The minimum absolute atomic E-state index is 0.00744. The zero-order valence-electron chi connectivity index (χ0n) is 27.8. The number of rotatable bonds is 13. The number of esters is 1. The number of methoxy groups -OCH3 is 1. The van der Waals surface area contributed by atoms with Gasteiger partial charge < -0.3 is 29.1 Å². The first-order valence-corrected chi connectivity index (χ1v) is 16.4. The Bertz CT molecular complexity index is 1190. The van der Waals surface area contributed by atoms with Crippen molar-refractivity contribution in [1.29, 1.82) is 0 Å². The maximum atomic E-state index is 14.3. The molecule has 0 aromatic heterocycles. The second kappa shape index (κ2) is 16.3. The quantitative estimate of drug-likeness (QED) is 0.280. The normalized spacial score (nSPS) is 22.1. The molecule has 2 fully saturated rings. The van der Waals surface area contributed by atoms with Gasteiger partial charge >= 0.3 is 5.97 Å². The molecular weight excluding hydrogens is 552 g/mol. The lowest BCUT2D eigenvalue weighted by molar-refractivity contribution is -0.140. The van der Waals surface area contributed by atoms with Crippen LogP contribution in [0.2, 0.25) is 0 Å². The lowest BCUT2D eigenvalue weighted by Crippen LogP contribution is -2.47. The van der Waals surface area contributed by atoms with E-state index in [2.05, 4.69) is 91.1 Å². The summed E-state index contributed by atoms with van der Waals surface area (Å²) in [7, 11) is 9.68. The molecule has 1 aliphatic carbocycles. The van der Waals surface area contributed by atoms with Crippen molar-refractivity contribution in [2.45, 2.75) is 58.0 Å². The maximum Gasteiger partial charge on any atom is 0.305 e. The highest BCUT2D eigenvalue weighted by Crippen LogP contribution is 2.34. The first-order chi connectivity index (χ1) is 21.1. The molecule has 2 aromatic rings. The lowest BCUT2D eigenvalue weighted by atomic mass is 9.84. The molecule has 1 aliphatic heterocycles. The van der Waals surface area contributed by atoms with Crippen molar-refractivity contribution in [3.8, 4) is 0 Å². The number of amides is 1. The highest BCUT2D eigenvalue weighted by Gasteiger charge is 2.34. The number of nitrogens with zero attached hydrogens (tertiary/aromatic N) is 4. The number of ether oxygens (including phenoxy) is 2. The SMILES string of the molecule is COC(=O)CCc1cccc(N(CC2CCN(c3ccc(N(C)C)cc3)CC2C)C(=O)C2CCC(OCCN(C)C)CC2)c1. The number of carbonyl (C=O) groups excluding carboxylic acids is 2. The topological polar surface area (TPSA) is 65.6 Å². The van der Waals surface area contributed by atoms with Crippen molar-refractivity contribution in [3.63, 3.8) is 0 Å². The van der Waals surface area contributed by atoms with E-state index in [-0.39, 0.29) is 23.9 Å². The van der Waals surface area contributed by atoms with E-state index in [1.54, 1.807) is 0 Å². The van der Waals surface area contributed by atoms with Crippen molar-refractivity contribution in [2.24, 2.45) is 17.8 Å². The van der Waals surface area contributed by atoms with Gasteiger partial charge in [-0.15, -0.1) is 0 Å². The molecule has 0 bridgehead atoms. The van der Waals surface area contributed by atoms with Gasteiger partial charge in [0.25, 0.3) is 0 Å². The van der Waals surface area contributed by atoms with Crippen LogP contribution in [0.3, 0.4) is 0 Å². The predicted octanol–water partition coefficient (Wildman–Crippen LogP) is 5.49. The van der Waals surface area contributed by atoms with E-state index >= 15 is 0 Å². The molecule has 0 radical (unpaired) electrons. The number of carbonyl (C=O) groups is 2. The van der Waals surface area contributed by atoms with E-state index in [4.69, 9.17) is 9.47 Å². The average Bonchev–Trinajstić information content (AvgIpc) is 3.03. The Morgan fingerprint density at radius 1 is 0.932 bits per heavy atom. The van der Waals surface area contributed by atoms with Crippen molar-refractivity contribution >= 4 is 28.9 Å². The molecule has 2 atom stereocenters. The molecule has 2 aromatic carbocycles. The lowest BCUT2D eigenvalue weighted by Gasteiger charge is -2.41. The number of piperidine rings is 1. The standard InChI is InChI=1S/C36H54N4O4/c1-27-25-39(32-15-13-31(14-16-32)38(4)5)21-20-30(27)26-40(33-9-7-8-28(24-33)10-19-35(41)43-6)36(42)29-11-17-34(18-12-29)44-23-22-37(2)3/h7-9,13-16,24,27,29-30,34H,10-12,17-23,25-26H2,1-6H3. The molecule has 1 saturated carbocycles. The van der Waals surface area contributed by atoms with E-state index in [0.717, 1.165) is 69.6 Å². The molecule has 1 saturated heterocycles. The van der Waals surface area contributed by atoms with Crippen LogP contribution in [0.1, 0.15) is 51.0 Å². The Morgan fingerprint density at radius 3 is 2.30 bits per heavy atom. The van der Waals surface area contributed by atoms with Crippen LogP contribution in [0.25, 0.3) is 0 Å². The summed E-state index contributed by atoms with van der Waals surface area (Å²) in [5, 5.41) is 0. The van der Waals surface area contributed by atoms with Crippen LogP contribution in [0, 0.1) is 17.8 Å². The molecule has 2 unspecified atom stereocenters. The summed E-state index contributed by atoms with van der Waals surface area (Å²) in [4.78, 5) is 34.9. The molecule has 44 heavy (non-hydrogen) atoms. The van der Waals surface area contributed by atoms with Crippen LogP contribution < -0.4 is 14.7 Å². The molecule has 2 aliphatic rings. The molecule has 242 valence electrons. The van der Waals surface area contributed by atoms with Crippen molar-refractivity contribution in [2.75, 3.05) is 82.8 Å². The molecule has 4 rings (SSSR count). The average molecular weight is 607 g/mol. The summed E-state index contributed by atoms with van der Waals surface area (Å²) < 4.78 is 11.0. The fourth-order valence-corrected chi connectivity index (χ4v) is 6.55. The third-order valence-corrected chi connectivity index (χ3v) is 9.48. The van der Waals surface area contributed by atoms with E-state index in [1.807, 2.05) is 12.1 Å². The molecule has 8 nitrogen and oxygen atoms in total. The second-order valence-corrected chi connectivity index (χ2v) is 13.2. The molecular formula is C36H54N4O4. The molecule has 0 spiro atoms. The molecule has 0 N–H and O–H groups in total. The molecule has 1 heterocycles. The summed E-state index contributed by atoms with van der Waals surface area (Å²) in [6.07, 6.45) is 5.79. The second-order valence-electron chi connectivity index (χ2n) is 13.2. The zero-order chi connectivity index (χ0) is 31.6. The van der Waals surface area contributed by atoms with Gasteiger partial charge in [0, 0.05) is 69.7 Å². The Kier molecular flexibility index (Phi) is 12.5. The summed E-state index contributed by atoms with van der Waals surface area (Å²) in [6.45, 7) is 6.65. The largest absolute Gasteiger partial charge is 0.469 e. The van der Waals surface area contributed by atoms with Gasteiger partial charge in [0.15, 0.2) is 0 Å². The molecule has 1 amide bonds. The Balaban J connectivity index is 1.45. The third kappa shape index (κ3) is 9.45. The highest BCUT2D eigenvalue weighted by atomic mass is 16.5. The fourth-order valence-electron chi connectivity index (χ4n) is 6.55. The van der Waals surface area contributed by atoms with Crippen molar-refractivity contribution in [1.82, 2.24) is 4.90 Å². The third-order valence-electron chi connectivity index (χ3n) is 9.48. The van der Waals surface area contributed by atoms with Gasteiger partial charge in [-0.1, -0.05) is 19.1 Å². The van der Waals surface area contributed by atoms with Crippen LogP contribution >= 0.6 is 0 Å². The van der Waals surface area contributed by atoms with E-state index in [0.29, 0.717) is 31.2 Å². The highest BCUT2D eigenvalue weighted by molar-refractivity contribution is 5.95. The van der Waals surface area contributed by atoms with Gasteiger partial charge in [0.05, 0.1) is 19.8 Å². The Labute approximate surface area is 265 Å². The summed E-state index contributed by atoms with van der Waals surface area (Å²) in [5.41, 5.74) is 4.45. The van der Waals surface area contributed by atoms with Crippen LogP contribution in [0.4, 0.5) is 17.1 Å².